The number of fused-ring (bicyclic) bond motifs is 1. The first-order valence-corrected chi connectivity index (χ1v) is 6.22. The summed E-state index contributed by atoms with van der Waals surface area (Å²) in [5, 5.41) is 4.51. The fourth-order valence-corrected chi connectivity index (χ4v) is 1.96. The molecule has 0 aliphatic carbocycles. The van der Waals surface area contributed by atoms with Crippen molar-refractivity contribution in [1.82, 2.24) is 10.3 Å². The van der Waals surface area contributed by atoms with Gasteiger partial charge in [0.25, 0.3) is 0 Å². The van der Waals surface area contributed by atoms with Gasteiger partial charge >= 0.3 is 0 Å². The lowest BCUT2D eigenvalue weighted by Gasteiger charge is -2.10. The quantitative estimate of drug-likeness (QED) is 0.870. The van der Waals surface area contributed by atoms with Crippen molar-refractivity contribution in [2.45, 2.75) is 32.7 Å². The second-order valence-corrected chi connectivity index (χ2v) is 4.71. The zero-order valence-electron chi connectivity index (χ0n) is 10.8. The molecule has 1 aromatic heterocycles. The summed E-state index contributed by atoms with van der Waals surface area (Å²) in [6, 6.07) is 11.4. The minimum atomic E-state index is 0.571. The molecule has 0 radical (unpaired) electrons. The van der Waals surface area contributed by atoms with Crippen LogP contribution in [0.4, 0.5) is 0 Å². The molecule has 90 valence electrons. The van der Waals surface area contributed by atoms with E-state index in [1.54, 1.807) is 0 Å². The molecule has 0 fully saturated rings. The summed E-state index contributed by atoms with van der Waals surface area (Å²) in [6.45, 7) is 4.24. The van der Waals surface area contributed by atoms with E-state index < -0.39 is 0 Å². The summed E-state index contributed by atoms with van der Waals surface area (Å²) in [5.74, 6) is 0. The maximum atomic E-state index is 4.52. The molecule has 0 spiro atoms. The number of hydrogen-bond acceptors (Lipinski definition) is 2. The first kappa shape index (κ1) is 12.1. The van der Waals surface area contributed by atoms with E-state index in [2.05, 4.69) is 47.6 Å². The van der Waals surface area contributed by atoms with Gasteiger partial charge in [-0.1, -0.05) is 12.1 Å². The van der Waals surface area contributed by atoms with Gasteiger partial charge in [-0.25, -0.2) is 0 Å². The SMILES string of the molecule is CNC(C)CCc1ccc2nc(C)ccc2c1. The number of pyridine rings is 1. The average Bonchev–Trinajstić information content (AvgIpc) is 2.35. The predicted molar refractivity (Wildman–Crippen MR) is 73.3 cm³/mol. The largest absolute Gasteiger partial charge is 0.317 e. The Morgan fingerprint density at radius 3 is 2.82 bits per heavy atom. The van der Waals surface area contributed by atoms with Crippen LogP contribution in [-0.2, 0) is 6.42 Å². The van der Waals surface area contributed by atoms with Crippen molar-refractivity contribution in [3.05, 3.63) is 41.6 Å². The van der Waals surface area contributed by atoms with E-state index in [9.17, 15) is 0 Å². The van der Waals surface area contributed by atoms with Crippen molar-refractivity contribution < 1.29 is 0 Å². The fraction of sp³-hybridized carbons (Fsp3) is 0.400. The molecule has 1 aromatic carbocycles. The number of aromatic nitrogens is 1. The first-order chi connectivity index (χ1) is 8.19. The number of hydrogen-bond donors (Lipinski definition) is 1. The van der Waals surface area contributed by atoms with Crippen LogP contribution in [0.15, 0.2) is 30.3 Å². The molecule has 0 aliphatic rings. The molecule has 1 heterocycles. The zero-order valence-corrected chi connectivity index (χ0v) is 10.8. The minimum absolute atomic E-state index is 0.571. The highest BCUT2D eigenvalue weighted by Gasteiger charge is 2.01. The summed E-state index contributed by atoms with van der Waals surface area (Å²) in [4.78, 5) is 4.52. The van der Waals surface area contributed by atoms with E-state index >= 15 is 0 Å². The van der Waals surface area contributed by atoms with Gasteiger partial charge in [0.05, 0.1) is 5.52 Å². The molecule has 2 rings (SSSR count). The lowest BCUT2D eigenvalue weighted by molar-refractivity contribution is 0.565. The molecule has 0 aliphatic heterocycles. The van der Waals surface area contributed by atoms with E-state index in [0.717, 1.165) is 17.6 Å². The second-order valence-electron chi connectivity index (χ2n) is 4.71. The highest BCUT2D eigenvalue weighted by molar-refractivity contribution is 5.79. The highest BCUT2D eigenvalue weighted by atomic mass is 14.8. The van der Waals surface area contributed by atoms with Crippen molar-refractivity contribution in [1.29, 1.82) is 0 Å². The van der Waals surface area contributed by atoms with Crippen molar-refractivity contribution in [3.8, 4) is 0 Å². The highest BCUT2D eigenvalue weighted by Crippen LogP contribution is 2.16. The van der Waals surface area contributed by atoms with Gasteiger partial charge in [0.1, 0.15) is 0 Å². The van der Waals surface area contributed by atoms with Crippen molar-refractivity contribution >= 4 is 10.9 Å². The molecule has 2 heteroatoms. The monoisotopic (exact) mass is 228 g/mol. The van der Waals surface area contributed by atoms with E-state index in [4.69, 9.17) is 0 Å². The Bertz CT molecular complexity index is 505. The van der Waals surface area contributed by atoms with Gasteiger partial charge in [-0.3, -0.25) is 4.98 Å². The molecule has 0 amide bonds. The first-order valence-electron chi connectivity index (χ1n) is 6.22. The number of nitrogens with zero attached hydrogens (tertiary/aromatic N) is 1. The summed E-state index contributed by atoms with van der Waals surface area (Å²) in [7, 11) is 2.01. The third kappa shape index (κ3) is 3.04. The van der Waals surface area contributed by atoms with Gasteiger partial charge in [0.15, 0.2) is 0 Å². The molecule has 17 heavy (non-hydrogen) atoms. The smallest absolute Gasteiger partial charge is 0.0705 e. The molecule has 1 unspecified atom stereocenters. The van der Waals surface area contributed by atoms with Crippen LogP contribution in [-0.4, -0.2) is 18.1 Å². The van der Waals surface area contributed by atoms with Gasteiger partial charge in [0, 0.05) is 17.1 Å². The Balaban J connectivity index is 2.17. The van der Waals surface area contributed by atoms with E-state index in [1.807, 2.05) is 14.0 Å². The van der Waals surface area contributed by atoms with E-state index in [0.29, 0.717) is 6.04 Å². The lowest BCUT2D eigenvalue weighted by atomic mass is 10.0. The molecule has 0 saturated heterocycles. The Hall–Kier alpha value is -1.41. The minimum Gasteiger partial charge on any atom is -0.317 e. The van der Waals surface area contributed by atoms with Gasteiger partial charge in [-0.15, -0.1) is 0 Å². The number of benzene rings is 1. The normalized spacial score (nSPS) is 12.9. The maximum Gasteiger partial charge on any atom is 0.0705 e. The predicted octanol–water partition coefficient (Wildman–Crippen LogP) is 3.08. The van der Waals surface area contributed by atoms with Crippen LogP contribution in [0.25, 0.3) is 10.9 Å². The number of rotatable bonds is 4. The summed E-state index contributed by atoms with van der Waals surface area (Å²) in [6.07, 6.45) is 2.28. The second kappa shape index (κ2) is 5.28. The van der Waals surface area contributed by atoms with Crippen LogP contribution in [0.3, 0.4) is 0 Å². The van der Waals surface area contributed by atoms with Crippen LogP contribution in [0.1, 0.15) is 24.6 Å². The molecular weight excluding hydrogens is 208 g/mol. The van der Waals surface area contributed by atoms with Crippen molar-refractivity contribution in [3.63, 3.8) is 0 Å². The third-order valence-corrected chi connectivity index (χ3v) is 3.25. The Morgan fingerprint density at radius 2 is 2.06 bits per heavy atom. The molecule has 0 saturated carbocycles. The molecule has 0 bridgehead atoms. The Labute approximate surface area is 103 Å². The molecule has 1 N–H and O–H groups in total. The maximum absolute atomic E-state index is 4.52. The van der Waals surface area contributed by atoms with Crippen molar-refractivity contribution in [2.75, 3.05) is 7.05 Å². The molecular formula is C15H20N2. The van der Waals surface area contributed by atoms with Crippen LogP contribution in [0.2, 0.25) is 0 Å². The fourth-order valence-electron chi connectivity index (χ4n) is 1.96. The van der Waals surface area contributed by atoms with Gasteiger partial charge in [-0.05, 0) is 57.5 Å². The zero-order chi connectivity index (χ0) is 12.3. The van der Waals surface area contributed by atoms with E-state index in [1.165, 1.54) is 17.4 Å². The summed E-state index contributed by atoms with van der Waals surface area (Å²) in [5.41, 5.74) is 3.56. The van der Waals surface area contributed by atoms with Crippen LogP contribution in [0, 0.1) is 6.92 Å². The molecule has 2 nitrogen and oxygen atoms in total. The van der Waals surface area contributed by atoms with Crippen LogP contribution >= 0.6 is 0 Å². The topological polar surface area (TPSA) is 24.9 Å². The van der Waals surface area contributed by atoms with Gasteiger partial charge in [0.2, 0.25) is 0 Å². The standard InChI is InChI=1S/C15H20N2/c1-11(16-3)4-6-13-7-9-15-14(10-13)8-5-12(2)17-15/h5,7-11,16H,4,6H2,1-3H3. The lowest BCUT2D eigenvalue weighted by Crippen LogP contribution is -2.21. The molecule has 1 atom stereocenters. The van der Waals surface area contributed by atoms with Gasteiger partial charge < -0.3 is 5.32 Å². The number of nitrogens with one attached hydrogen (secondary N) is 1. The number of aryl methyl sites for hydroxylation is 2. The van der Waals surface area contributed by atoms with Crippen molar-refractivity contribution in [2.24, 2.45) is 0 Å². The average molecular weight is 228 g/mol. The summed E-state index contributed by atoms with van der Waals surface area (Å²) >= 11 is 0. The van der Waals surface area contributed by atoms with E-state index in [-0.39, 0.29) is 0 Å². The third-order valence-electron chi connectivity index (χ3n) is 3.25. The Morgan fingerprint density at radius 1 is 1.24 bits per heavy atom. The van der Waals surface area contributed by atoms with Crippen LogP contribution < -0.4 is 5.32 Å². The Kier molecular flexibility index (Phi) is 3.75. The molecule has 2 aromatic rings. The summed E-state index contributed by atoms with van der Waals surface area (Å²) < 4.78 is 0. The van der Waals surface area contributed by atoms with Crippen LogP contribution in [0.5, 0.6) is 0 Å². The van der Waals surface area contributed by atoms with Gasteiger partial charge in [-0.2, -0.15) is 0 Å².